The number of amides is 1. The van der Waals surface area contributed by atoms with Gasteiger partial charge >= 0.3 is 0 Å². The van der Waals surface area contributed by atoms with Gasteiger partial charge in [0.15, 0.2) is 5.11 Å². The Morgan fingerprint density at radius 3 is 2.56 bits per heavy atom. The van der Waals surface area contributed by atoms with E-state index in [1.54, 1.807) is 18.5 Å². The number of hydrazine groups is 1. The SMILES string of the molecule is CC(C)(C)c1ccccc1NC(=S)NNC(=O)c1ccc2cnccc2c1. The first kappa shape index (κ1) is 18.8. The zero-order valence-electron chi connectivity index (χ0n) is 15.5. The van der Waals surface area contributed by atoms with Gasteiger partial charge in [0, 0.05) is 29.0 Å². The number of fused-ring (bicyclic) bond motifs is 1. The normalized spacial score (nSPS) is 11.1. The van der Waals surface area contributed by atoms with Crippen molar-refractivity contribution in [1.29, 1.82) is 0 Å². The van der Waals surface area contributed by atoms with Crippen LogP contribution in [-0.2, 0) is 5.41 Å². The Bertz CT molecular complexity index is 995. The number of anilines is 1. The lowest BCUT2D eigenvalue weighted by molar-refractivity contribution is 0.0944. The Balaban J connectivity index is 1.64. The van der Waals surface area contributed by atoms with Gasteiger partial charge in [0.25, 0.3) is 5.91 Å². The molecule has 6 heteroatoms. The van der Waals surface area contributed by atoms with Gasteiger partial charge in [0.2, 0.25) is 0 Å². The summed E-state index contributed by atoms with van der Waals surface area (Å²) in [5.41, 5.74) is 7.97. The van der Waals surface area contributed by atoms with E-state index in [0.717, 1.165) is 22.0 Å². The number of nitrogens with zero attached hydrogens (tertiary/aromatic N) is 1. The van der Waals surface area contributed by atoms with Crippen LogP contribution in [-0.4, -0.2) is 16.0 Å². The van der Waals surface area contributed by atoms with Crippen molar-refractivity contribution in [1.82, 2.24) is 15.8 Å². The lowest BCUT2D eigenvalue weighted by atomic mass is 9.86. The van der Waals surface area contributed by atoms with Crippen LogP contribution in [0.2, 0.25) is 0 Å². The molecule has 0 bridgehead atoms. The number of carbonyl (C=O) groups excluding carboxylic acids is 1. The summed E-state index contributed by atoms with van der Waals surface area (Å²) in [6, 6.07) is 15.3. The van der Waals surface area contributed by atoms with Crippen LogP contribution in [0.5, 0.6) is 0 Å². The average Bonchev–Trinajstić information content (AvgIpc) is 2.65. The number of hydrogen-bond acceptors (Lipinski definition) is 3. The molecule has 0 spiro atoms. The lowest BCUT2D eigenvalue weighted by Gasteiger charge is -2.23. The van der Waals surface area contributed by atoms with E-state index in [-0.39, 0.29) is 11.3 Å². The fourth-order valence-electron chi connectivity index (χ4n) is 2.81. The van der Waals surface area contributed by atoms with Gasteiger partial charge < -0.3 is 5.32 Å². The molecule has 2 aromatic carbocycles. The summed E-state index contributed by atoms with van der Waals surface area (Å²) in [6.45, 7) is 6.42. The number of para-hydroxylation sites is 1. The molecule has 0 aliphatic rings. The Morgan fingerprint density at radius 1 is 1.00 bits per heavy atom. The summed E-state index contributed by atoms with van der Waals surface area (Å²) < 4.78 is 0. The highest BCUT2D eigenvalue weighted by Crippen LogP contribution is 2.29. The summed E-state index contributed by atoms with van der Waals surface area (Å²) in [7, 11) is 0. The number of thiocarbonyl (C=S) groups is 1. The minimum Gasteiger partial charge on any atom is -0.331 e. The van der Waals surface area contributed by atoms with Crippen molar-refractivity contribution in [2.75, 3.05) is 5.32 Å². The first-order valence-electron chi connectivity index (χ1n) is 8.65. The highest BCUT2D eigenvalue weighted by Gasteiger charge is 2.18. The number of hydrogen-bond donors (Lipinski definition) is 3. The van der Waals surface area contributed by atoms with E-state index < -0.39 is 0 Å². The van der Waals surface area contributed by atoms with E-state index in [1.165, 1.54) is 0 Å². The fraction of sp³-hybridized carbons (Fsp3) is 0.190. The minimum atomic E-state index is -0.262. The van der Waals surface area contributed by atoms with Crippen LogP contribution in [0.25, 0.3) is 10.8 Å². The number of pyridine rings is 1. The van der Waals surface area contributed by atoms with Gasteiger partial charge in [-0.2, -0.15) is 0 Å². The summed E-state index contributed by atoms with van der Waals surface area (Å²) in [5, 5.41) is 5.42. The number of benzene rings is 2. The molecule has 3 aromatic rings. The Kier molecular flexibility index (Phi) is 5.37. The van der Waals surface area contributed by atoms with Gasteiger partial charge in [-0.25, -0.2) is 0 Å². The van der Waals surface area contributed by atoms with Crippen molar-refractivity contribution >= 4 is 39.7 Å². The molecule has 27 heavy (non-hydrogen) atoms. The summed E-state index contributed by atoms with van der Waals surface area (Å²) in [4.78, 5) is 16.5. The molecular weight excluding hydrogens is 356 g/mol. The van der Waals surface area contributed by atoms with Gasteiger partial charge in [-0.3, -0.25) is 20.6 Å². The zero-order chi connectivity index (χ0) is 19.4. The molecule has 0 fully saturated rings. The second-order valence-corrected chi connectivity index (χ2v) is 7.67. The maximum Gasteiger partial charge on any atom is 0.269 e. The molecule has 138 valence electrons. The minimum absolute atomic E-state index is 0.0254. The molecule has 5 nitrogen and oxygen atoms in total. The summed E-state index contributed by atoms with van der Waals surface area (Å²) >= 11 is 5.32. The highest BCUT2D eigenvalue weighted by molar-refractivity contribution is 7.80. The van der Waals surface area contributed by atoms with E-state index in [4.69, 9.17) is 12.2 Å². The standard InChI is InChI=1S/C21H22N4OS/c1-21(2,3)17-6-4-5-7-18(17)23-20(27)25-24-19(26)15-8-9-16-13-22-11-10-14(16)12-15/h4-13H,1-3H3,(H,24,26)(H2,23,25,27). The molecule has 0 saturated carbocycles. The third kappa shape index (κ3) is 4.60. The fourth-order valence-corrected chi connectivity index (χ4v) is 2.97. The maximum absolute atomic E-state index is 12.4. The Labute approximate surface area is 164 Å². The van der Waals surface area contributed by atoms with Gasteiger partial charge in [0.1, 0.15) is 0 Å². The van der Waals surface area contributed by atoms with Crippen LogP contribution in [0, 0.1) is 0 Å². The highest BCUT2D eigenvalue weighted by atomic mass is 32.1. The van der Waals surface area contributed by atoms with Crippen LogP contribution >= 0.6 is 12.2 Å². The molecule has 1 amide bonds. The average molecular weight is 379 g/mol. The quantitative estimate of drug-likeness (QED) is 0.461. The second kappa shape index (κ2) is 7.72. The van der Waals surface area contributed by atoms with Crippen LogP contribution in [0.15, 0.2) is 60.9 Å². The summed E-state index contributed by atoms with van der Waals surface area (Å²) in [6.07, 6.45) is 3.47. The van der Waals surface area contributed by atoms with Gasteiger partial charge in [-0.1, -0.05) is 45.0 Å². The molecule has 0 unspecified atom stereocenters. The predicted molar refractivity (Wildman–Crippen MR) is 114 cm³/mol. The van der Waals surface area contributed by atoms with Crippen LogP contribution < -0.4 is 16.2 Å². The van der Waals surface area contributed by atoms with Gasteiger partial charge in [0.05, 0.1) is 0 Å². The second-order valence-electron chi connectivity index (χ2n) is 7.27. The molecule has 0 aliphatic carbocycles. The first-order chi connectivity index (χ1) is 12.8. The van der Waals surface area contributed by atoms with E-state index in [1.807, 2.05) is 36.4 Å². The van der Waals surface area contributed by atoms with Crippen LogP contribution in [0.1, 0.15) is 36.7 Å². The Morgan fingerprint density at radius 2 is 1.78 bits per heavy atom. The third-order valence-corrected chi connectivity index (χ3v) is 4.38. The van der Waals surface area contributed by atoms with Crippen molar-refractivity contribution in [2.24, 2.45) is 0 Å². The van der Waals surface area contributed by atoms with Gasteiger partial charge in [-0.15, -0.1) is 0 Å². The van der Waals surface area contributed by atoms with Crippen molar-refractivity contribution in [3.8, 4) is 0 Å². The van der Waals surface area contributed by atoms with Crippen LogP contribution in [0.4, 0.5) is 5.69 Å². The largest absolute Gasteiger partial charge is 0.331 e. The van der Waals surface area contributed by atoms with Crippen molar-refractivity contribution in [3.63, 3.8) is 0 Å². The smallest absolute Gasteiger partial charge is 0.269 e. The molecule has 0 atom stereocenters. The molecular formula is C21H22N4OS. The molecule has 0 saturated heterocycles. The van der Waals surface area contributed by atoms with E-state index in [9.17, 15) is 4.79 Å². The maximum atomic E-state index is 12.4. The Hall–Kier alpha value is -2.99. The lowest BCUT2D eigenvalue weighted by Crippen LogP contribution is -2.44. The molecule has 3 rings (SSSR count). The predicted octanol–water partition coefficient (Wildman–Crippen LogP) is 4.16. The van der Waals surface area contributed by atoms with Crippen molar-refractivity contribution in [2.45, 2.75) is 26.2 Å². The van der Waals surface area contributed by atoms with Crippen molar-refractivity contribution in [3.05, 3.63) is 72.1 Å². The monoisotopic (exact) mass is 378 g/mol. The zero-order valence-corrected chi connectivity index (χ0v) is 16.4. The molecule has 0 aliphatic heterocycles. The molecule has 1 heterocycles. The number of rotatable bonds is 2. The molecule has 0 radical (unpaired) electrons. The number of carbonyl (C=O) groups is 1. The number of aromatic nitrogens is 1. The topological polar surface area (TPSA) is 66.0 Å². The van der Waals surface area contributed by atoms with E-state index >= 15 is 0 Å². The third-order valence-electron chi connectivity index (χ3n) is 4.18. The van der Waals surface area contributed by atoms with Crippen LogP contribution in [0.3, 0.4) is 0 Å². The first-order valence-corrected chi connectivity index (χ1v) is 9.06. The van der Waals surface area contributed by atoms with E-state index in [2.05, 4.69) is 48.0 Å². The van der Waals surface area contributed by atoms with E-state index in [0.29, 0.717) is 10.7 Å². The molecule has 1 aromatic heterocycles. The number of nitrogens with one attached hydrogen (secondary N) is 3. The summed E-state index contributed by atoms with van der Waals surface area (Å²) in [5.74, 6) is -0.262. The van der Waals surface area contributed by atoms with Crippen molar-refractivity contribution < 1.29 is 4.79 Å². The van der Waals surface area contributed by atoms with Gasteiger partial charge in [-0.05, 0) is 52.8 Å². The molecule has 3 N–H and O–H groups in total.